The largest absolute Gasteiger partial charge is 0.465 e. The molecule has 0 saturated heterocycles. The first-order chi connectivity index (χ1) is 20.7. The summed E-state index contributed by atoms with van der Waals surface area (Å²) in [6.07, 6.45) is 0. The summed E-state index contributed by atoms with van der Waals surface area (Å²) >= 11 is 0.926. The molecule has 5 aromatic rings. The van der Waals surface area contributed by atoms with Crippen molar-refractivity contribution in [1.29, 1.82) is 0 Å². The monoisotopic (exact) mass is 591 g/mol. The molecule has 9 nitrogen and oxygen atoms in total. The average molecular weight is 592 g/mol. The van der Waals surface area contributed by atoms with E-state index in [0.29, 0.717) is 16.9 Å². The molecule has 0 saturated carbocycles. The second kappa shape index (κ2) is 9.47. The smallest absolute Gasteiger partial charge is 0.350 e. The molecule has 0 N–H and O–H groups in total. The molecule has 2 aromatic heterocycles. The molecule has 2 amide bonds. The number of esters is 1. The van der Waals surface area contributed by atoms with Gasteiger partial charge in [-0.25, -0.2) is 9.78 Å². The number of carbonyl (C=O) groups excluding carboxylic acids is 3. The summed E-state index contributed by atoms with van der Waals surface area (Å²) in [5.74, 6) is -2.03. The van der Waals surface area contributed by atoms with E-state index in [2.05, 4.69) is 4.98 Å². The normalized spacial score (nSPS) is 17.2. The Kier molecular flexibility index (Phi) is 5.90. The van der Waals surface area contributed by atoms with Crippen LogP contribution in [0.4, 0.5) is 10.8 Å². The molecule has 10 heteroatoms. The van der Waals surface area contributed by atoms with Gasteiger partial charge in [0.15, 0.2) is 16.1 Å². The van der Waals surface area contributed by atoms with Gasteiger partial charge in [0, 0.05) is 5.56 Å². The van der Waals surface area contributed by atoms with Crippen LogP contribution < -0.4 is 15.2 Å². The molecule has 3 aromatic carbocycles. The summed E-state index contributed by atoms with van der Waals surface area (Å²) < 4.78 is 11.1. The lowest BCUT2D eigenvalue weighted by molar-refractivity contribution is -0.121. The fourth-order valence-corrected chi connectivity index (χ4v) is 7.22. The van der Waals surface area contributed by atoms with Crippen LogP contribution in [0.1, 0.15) is 53.7 Å². The molecule has 4 heterocycles. The van der Waals surface area contributed by atoms with E-state index >= 15 is 4.79 Å². The Morgan fingerprint density at radius 2 is 1.74 bits per heavy atom. The van der Waals surface area contributed by atoms with Crippen molar-refractivity contribution >= 4 is 50.9 Å². The summed E-state index contributed by atoms with van der Waals surface area (Å²) in [5, 5.41) is 0.343. The number of fused-ring (bicyclic) bond motifs is 5. The summed E-state index contributed by atoms with van der Waals surface area (Å²) in [6, 6.07) is 20.1. The fraction of sp³-hybridized carbons (Fsp3) is 0.182. The maximum Gasteiger partial charge on any atom is 0.350 e. The number of hydrogen-bond donors (Lipinski definition) is 0. The minimum absolute atomic E-state index is 0.0627. The van der Waals surface area contributed by atoms with Gasteiger partial charge in [0.2, 0.25) is 5.76 Å². The number of para-hydroxylation sites is 1. The van der Waals surface area contributed by atoms with Crippen LogP contribution in [-0.4, -0.2) is 29.9 Å². The molecule has 2 aliphatic rings. The van der Waals surface area contributed by atoms with Crippen molar-refractivity contribution in [3.63, 3.8) is 0 Å². The van der Waals surface area contributed by atoms with E-state index in [4.69, 9.17) is 9.15 Å². The van der Waals surface area contributed by atoms with Gasteiger partial charge in [-0.1, -0.05) is 71.0 Å². The van der Waals surface area contributed by atoms with Gasteiger partial charge in [-0.15, -0.1) is 0 Å². The molecule has 214 valence electrons. The number of carbonyl (C=O) groups is 3. The minimum atomic E-state index is -1.91. The predicted octanol–water partition coefficient (Wildman–Crippen LogP) is 5.41. The van der Waals surface area contributed by atoms with E-state index in [1.165, 1.54) is 12.0 Å². The number of thiazole rings is 1. The van der Waals surface area contributed by atoms with Crippen LogP contribution in [-0.2, 0) is 21.6 Å². The average Bonchev–Trinajstić information content (AvgIpc) is 3.58. The standard InChI is InChI=1S/C33H25N3O6S/c1-17-8-7-9-20(14-17)16-35-23-11-6-5-10-22(23)33(31(35)40)25-26(37)21-15-18(2)12-13-24(21)42-27(25)29(38)36(33)32-34-19(3)28(43-32)30(39)41-4/h5-15H,16H2,1-4H3. The van der Waals surface area contributed by atoms with Crippen molar-refractivity contribution in [3.05, 3.63) is 121 Å². The molecule has 2 aliphatic heterocycles. The molecule has 0 aliphatic carbocycles. The predicted molar refractivity (Wildman–Crippen MR) is 162 cm³/mol. The maximum absolute atomic E-state index is 15.0. The van der Waals surface area contributed by atoms with Gasteiger partial charge in [0.1, 0.15) is 10.5 Å². The highest BCUT2D eigenvalue weighted by Gasteiger charge is 2.66. The van der Waals surface area contributed by atoms with Gasteiger partial charge in [-0.3, -0.25) is 19.3 Å². The highest BCUT2D eigenvalue weighted by Crippen LogP contribution is 2.55. The molecule has 7 rings (SSSR count). The highest BCUT2D eigenvalue weighted by molar-refractivity contribution is 7.17. The number of aryl methyl sites for hydroxylation is 3. The van der Waals surface area contributed by atoms with Crippen molar-refractivity contribution in [3.8, 4) is 0 Å². The van der Waals surface area contributed by atoms with Crippen LogP contribution in [0.25, 0.3) is 11.0 Å². The van der Waals surface area contributed by atoms with E-state index in [0.717, 1.165) is 28.0 Å². The Bertz CT molecular complexity index is 2100. The Labute approximate surface area is 250 Å². The van der Waals surface area contributed by atoms with Crippen LogP contribution in [0.15, 0.2) is 75.9 Å². The van der Waals surface area contributed by atoms with Gasteiger partial charge in [-0.2, -0.15) is 0 Å². The number of methoxy groups -OCH3 is 1. The molecule has 1 atom stereocenters. The zero-order valence-corrected chi connectivity index (χ0v) is 24.6. The van der Waals surface area contributed by atoms with Crippen molar-refractivity contribution in [2.45, 2.75) is 32.9 Å². The second-order valence-electron chi connectivity index (χ2n) is 10.8. The number of ether oxygens (including phenoxy) is 1. The van der Waals surface area contributed by atoms with Gasteiger partial charge in [0.25, 0.3) is 11.8 Å². The lowest BCUT2D eigenvalue weighted by atomic mass is 9.84. The Morgan fingerprint density at radius 3 is 2.51 bits per heavy atom. The molecule has 1 spiro atoms. The van der Waals surface area contributed by atoms with Gasteiger partial charge in [0.05, 0.1) is 36.0 Å². The minimum Gasteiger partial charge on any atom is -0.465 e. The number of benzene rings is 3. The summed E-state index contributed by atoms with van der Waals surface area (Å²) in [4.78, 5) is 64.1. The Hall–Kier alpha value is -5.09. The number of aromatic nitrogens is 1. The van der Waals surface area contributed by atoms with Crippen LogP contribution >= 0.6 is 11.3 Å². The first-order valence-electron chi connectivity index (χ1n) is 13.6. The van der Waals surface area contributed by atoms with E-state index in [9.17, 15) is 14.4 Å². The molecule has 0 bridgehead atoms. The molecular weight excluding hydrogens is 566 g/mol. The lowest BCUT2D eigenvalue weighted by Crippen LogP contribution is -2.53. The van der Waals surface area contributed by atoms with Crippen LogP contribution in [0, 0.1) is 20.8 Å². The summed E-state index contributed by atoms with van der Waals surface area (Å²) in [7, 11) is 1.26. The number of amides is 2. The SMILES string of the molecule is COC(=O)c1sc(N2C(=O)c3oc4ccc(C)cc4c(=O)c3C23C(=O)N(Cc2cccc(C)c2)c2ccccc23)nc1C. The Morgan fingerprint density at radius 1 is 0.977 bits per heavy atom. The fourth-order valence-electron chi connectivity index (χ4n) is 6.19. The third-order valence-corrected chi connectivity index (χ3v) is 9.17. The van der Waals surface area contributed by atoms with Crippen molar-refractivity contribution in [2.75, 3.05) is 16.9 Å². The van der Waals surface area contributed by atoms with Crippen LogP contribution in [0.2, 0.25) is 0 Å². The molecule has 0 fully saturated rings. The van der Waals surface area contributed by atoms with Gasteiger partial charge < -0.3 is 14.1 Å². The number of rotatable bonds is 4. The Balaban J connectivity index is 1.56. The third-order valence-electron chi connectivity index (χ3n) is 8.05. The van der Waals surface area contributed by atoms with Crippen molar-refractivity contribution < 1.29 is 23.5 Å². The second-order valence-corrected chi connectivity index (χ2v) is 11.8. The zero-order valence-electron chi connectivity index (χ0n) is 23.8. The van der Waals surface area contributed by atoms with Crippen LogP contribution in [0.5, 0.6) is 0 Å². The number of hydrogen-bond acceptors (Lipinski definition) is 8. The number of nitrogens with zero attached hydrogens (tertiary/aromatic N) is 3. The zero-order chi connectivity index (χ0) is 30.2. The van der Waals surface area contributed by atoms with Crippen LogP contribution in [0.3, 0.4) is 0 Å². The summed E-state index contributed by atoms with van der Waals surface area (Å²) in [5.41, 5.74) is 1.88. The van der Waals surface area contributed by atoms with Gasteiger partial charge >= 0.3 is 5.97 Å². The van der Waals surface area contributed by atoms with Crippen molar-refractivity contribution in [1.82, 2.24) is 4.98 Å². The first kappa shape index (κ1) is 26.8. The van der Waals surface area contributed by atoms with Gasteiger partial charge in [-0.05, 0) is 44.5 Å². The highest BCUT2D eigenvalue weighted by atomic mass is 32.1. The number of anilines is 2. The maximum atomic E-state index is 15.0. The van der Waals surface area contributed by atoms with E-state index in [-0.39, 0.29) is 38.8 Å². The van der Waals surface area contributed by atoms with E-state index in [1.54, 1.807) is 48.2 Å². The van der Waals surface area contributed by atoms with E-state index < -0.39 is 28.8 Å². The summed E-state index contributed by atoms with van der Waals surface area (Å²) in [6.45, 7) is 5.66. The van der Waals surface area contributed by atoms with Crippen molar-refractivity contribution in [2.24, 2.45) is 0 Å². The molecule has 1 unspecified atom stereocenters. The third kappa shape index (κ3) is 3.66. The molecular formula is C33H25N3O6S. The first-order valence-corrected chi connectivity index (χ1v) is 14.4. The van der Waals surface area contributed by atoms with E-state index in [1.807, 2.05) is 44.2 Å². The topological polar surface area (TPSA) is 110 Å². The lowest BCUT2D eigenvalue weighted by Gasteiger charge is -2.32. The molecule has 0 radical (unpaired) electrons. The molecule has 43 heavy (non-hydrogen) atoms. The quantitative estimate of drug-likeness (QED) is 0.257.